The van der Waals surface area contributed by atoms with E-state index in [1.807, 2.05) is 0 Å². The van der Waals surface area contributed by atoms with Crippen molar-refractivity contribution in [2.24, 2.45) is 0 Å². The smallest absolute Gasteiger partial charge is 0.227 e. The minimum Gasteiger partial charge on any atom is -0.341 e. The number of unbranched alkanes of at least 4 members (excludes halogenated alkanes) is 7. The Morgan fingerprint density at radius 3 is 1.68 bits per heavy atom. The molecule has 0 saturated heterocycles. The van der Waals surface area contributed by atoms with Gasteiger partial charge in [-0.25, -0.2) is 0 Å². The number of thiol groups is 2. The molecule has 0 aromatic carbocycles. The third-order valence-electron chi connectivity index (χ3n) is 3.87. The van der Waals surface area contributed by atoms with Crippen molar-refractivity contribution in [3.8, 4) is 0 Å². The molecule has 0 bridgehead atoms. The largest absolute Gasteiger partial charge is 0.341 e. The van der Waals surface area contributed by atoms with Crippen molar-refractivity contribution in [2.75, 3.05) is 13.2 Å². The van der Waals surface area contributed by atoms with E-state index in [1.165, 1.54) is 38.5 Å². The molecule has 134 valence electrons. The first-order chi connectivity index (χ1) is 10.6. The predicted octanol–water partition coefficient (Wildman–Crippen LogP) is 6.25. The highest BCUT2D eigenvalue weighted by Gasteiger charge is 2.35. The van der Waals surface area contributed by atoms with Crippen LogP contribution in [0.5, 0.6) is 0 Å². The molecule has 0 aromatic rings. The van der Waals surface area contributed by atoms with Crippen LogP contribution in [-0.2, 0) is 9.47 Å². The maximum atomic E-state index is 5.94. The van der Waals surface area contributed by atoms with Gasteiger partial charge in [-0.05, 0) is 19.3 Å². The van der Waals surface area contributed by atoms with Crippen LogP contribution in [0.3, 0.4) is 0 Å². The van der Waals surface area contributed by atoms with Crippen molar-refractivity contribution in [1.82, 2.24) is 0 Å². The number of hydrogen-bond acceptors (Lipinski definition) is 4. The summed E-state index contributed by atoms with van der Waals surface area (Å²) in [5, 5.41) is -0.813. The Labute approximate surface area is 149 Å². The Hall–Kier alpha value is 0.620. The van der Waals surface area contributed by atoms with Crippen LogP contribution in [0.2, 0.25) is 0 Å². The molecule has 1 unspecified atom stereocenters. The first kappa shape index (κ1) is 22.6. The van der Waals surface area contributed by atoms with Gasteiger partial charge in [-0.1, -0.05) is 72.1 Å². The Kier molecular flexibility index (Phi) is 15.6. The quantitative estimate of drug-likeness (QED) is 0.195. The van der Waals surface area contributed by atoms with Gasteiger partial charge in [0.15, 0.2) is 0 Å². The maximum absolute atomic E-state index is 5.94. The van der Waals surface area contributed by atoms with Crippen molar-refractivity contribution in [2.45, 2.75) is 102 Å². The molecule has 0 saturated carbocycles. The van der Waals surface area contributed by atoms with E-state index in [0.717, 1.165) is 32.1 Å². The van der Waals surface area contributed by atoms with Crippen LogP contribution in [0, 0.1) is 0 Å². The van der Waals surface area contributed by atoms with Crippen molar-refractivity contribution in [3.05, 3.63) is 0 Å². The predicted molar refractivity (Wildman–Crippen MR) is 104 cm³/mol. The van der Waals surface area contributed by atoms with Crippen LogP contribution >= 0.6 is 25.3 Å². The van der Waals surface area contributed by atoms with Crippen molar-refractivity contribution in [3.63, 3.8) is 0 Å². The lowest BCUT2D eigenvalue weighted by Crippen LogP contribution is -2.40. The summed E-state index contributed by atoms with van der Waals surface area (Å²) in [4.78, 5) is 0. The number of rotatable bonds is 16. The minimum atomic E-state index is -0.836. The summed E-state index contributed by atoms with van der Waals surface area (Å²) < 4.78 is 11.9. The molecule has 0 heterocycles. The van der Waals surface area contributed by atoms with E-state index in [9.17, 15) is 0 Å². The summed E-state index contributed by atoms with van der Waals surface area (Å²) in [6.07, 6.45) is 13.1. The summed E-state index contributed by atoms with van der Waals surface area (Å²) >= 11 is 9.43. The fourth-order valence-electron chi connectivity index (χ4n) is 2.26. The van der Waals surface area contributed by atoms with Gasteiger partial charge in [-0.3, -0.25) is 0 Å². The lowest BCUT2D eigenvalue weighted by Gasteiger charge is -2.34. The average Bonchev–Trinajstić information content (AvgIpc) is 2.51. The normalized spacial score (nSPS) is 13.5. The van der Waals surface area contributed by atoms with E-state index in [0.29, 0.717) is 13.2 Å². The fourth-order valence-corrected chi connectivity index (χ4v) is 2.90. The molecule has 4 heteroatoms. The minimum absolute atomic E-state index is 0.0238. The monoisotopic (exact) mass is 350 g/mol. The summed E-state index contributed by atoms with van der Waals surface area (Å²) in [5.41, 5.74) is 0. The molecule has 2 nitrogen and oxygen atoms in total. The first-order valence-electron chi connectivity index (χ1n) is 9.29. The zero-order chi connectivity index (χ0) is 16.7. The molecule has 0 aliphatic heterocycles. The van der Waals surface area contributed by atoms with Gasteiger partial charge in [0.2, 0.25) is 5.12 Å². The van der Waals surface area contributed by atoms with Crippen LogP contribution in [0.15, 0.2) is 0 Å². The second-order valence-electron chi connectivity index (χ2n) is 6.11. The highest BCUT2D eigenvalue weighted by molar-refractivity contribution is 7.85. The second-order valence-corrected chi connectivity index (χ2v) is 7.35. The molecule has 22 heavy (non-hydrogen) atoms. The van der Waals surface area contributed by atoms with Gasteiger partial charge in [0.1, 0.15) is 0 Å². The molecule has 0 radical (unpaired) electrons. The molecule has 0 aromatic heterocycles. The van der Waals surface area contributed by atoms with Gasteiger partial charge in [0, 0.05) is 0 Å². The molecule has 1 atom stereocenters. The zero-order valence-electron chi connectivity index (χ0n) is 15.0. The molecule has 0 fully saturated rings. The zero-order valence-corrected chi connectivity index (χ0v) is 16.8. The third-order valence-corrected chi connectivity index (χ3v) is 5.24. The molecule has 0 amide bonds. The molecule has 0 aliphatic rings. The fraction of sp³-hybridized carbons (Fsp3) is 1.00. The number of hydrogen-bond donors (Lipinski definition) is 2. The van der Waals surface area contributed by atoms with Gasteiger partial charge < -0.3 is 9.47 Å². The Morgan fingerprint density at radius 2 is 1.18 bits per heavy atom. The molecule has 0 rings (SSSR count). The average molecular weight is 351 g/mol. The lowest BCUT2D eigenvalue weighted by molar-refractivity contribution is -0.171. The summed E-state index contributed by atoms with van der Waals surface area (Å²) in [6, 6.07) is 0. The maximum Gasteiger partial charge on any atom is 0.227 e. The summed E-state index contributed by atoms with van der Waals surface area (Å²) in [5.74, 6) is 0. The molecular formula is C18H38O2S2. The van der Waals surface area contributed by atoms with Crippen LogP contribution in [0.1, 0.15) is 91.4 Å². The van der Waals surface area contributed by atoms with E-state index in [1.54, 1.807) is 0 Å². The standard InChI is InChI=1S/C18H38O2S2/c1-4-7-10-11-12-13-14-17(21)18(22,19-15-8-5-2)20-16-9-6-3/h17,21-22H,4-16H2,1-3H3. The second kappa shape index (κ2) is 15.2. The molecule has 0 spiro atoms. The van der Waals surface area contributed by atoms with Crippen LogP contribution in [0.4, 0.5) is 0 Å². The van der Waals surface area contributed by atoms with E-state index in [2.05, 4.69) is 20.8 Å². The van der Waals surface area contributed by atoms with Crippen LogP contribution < -0.4 is 0 Å². The highest BCUT2D eigenvalue weighted by atomic mass is 32.1. The van der Waals surface area contributed by atoms with Gasteiger partial charge >= 0.3 is 0 Å². The Balaban J connectivity index is 4.13. The third kappa shape index (κ3) is 11.2. The molecule has 0 N–H and O–H groups in total. The summed E-state index contributed by atoms with van der Waals surface area (Å²) in [6.45, 7) is 7.96. The topological polar surface area (TPSA) is 18.5 Å². The SMILES string of the molecule is CCCCCCCCC(S)C(S)(OCCCC)OCCCC. The summed E-state index contributed by atoms with van der Waals surface area (Å²) in [7, 11) is 0. The van der Waals surface area contributed by atoms with Gasteiger partial charge in [-0.2, -0.15) is 12.6 Å². The number of ether oxygens (including phenoxy) is 2. The van der Waals surface area contributed by atoms with E-state index in [-0.39, 0.29) is 5.25 Å². The van der Waals surface area contributed by atoms with Crippen molar-refractivity contribution in [1.29, 1.82) is 0 Å². The van der Waals surface area contributed by atoms with Crippen LogP contribution in [-0.4, -0.2) is 23.6 Å². The Bertz CT molecular complexity index is 227. The lowest BCUT2D eigenvalue weighted by atomic mass is 10.1. The van der Waals surface area contributed by atoms with Gasteiger partial charge in [0.05, 0.1) is 18.5 Å². The van der Waals surface area contributed by atoms with E-state index in [4.69, 9.17) is 34.7 Å². The van der Waals surface area contributed by atoms with Crippen LogP contribution in [0.25, 0.3) is 0 Å². The molecular weight excluding hydrogens is 312 g/mol. The molecule has 0 aliphatic carbocycles. The first-order valence-corrected chi connectivity index (χ1v) is 10.2. The van der Waals surface area contributed by atoms with Crippen molar-refractivity contribution >= 4 is 25.3 Å². The van der Waals surface area contributed by atoms with E-state index < -0.39 is 5.12 Å². The van der Waals surface area contributed by atoms with Crippen molar-refractivity contribution < 1.29 is 9.47 Å². The Morgan fingerprint density at radius 1 is 0.727 bits per heavy atom. The van der Waals surface area contributed by atoms with Gasteiger partial charge in [0.25, 0.3) is 0 Å². The van der Waals surface area contributed by atoms with E-state index >= 15 is 0 Å². The highest BCUT2D eigenvalue weighted by Crippen LogP contribution is 2.31. The van der Waals surface area contributed by atoms with Gasteiger partial charge in [-0.15, -0.1) is 12.6 Å².